The lowest BCUT2D eigenvalue weighted by molar-refractivity contribution is -0.0461. The zero-order chi connectivity index (χ0) is 10.7. The molecule has 1 aliphatic carbocycles. The Kier molecular flexibility index (Phi) is 3.65. The Morgan fingerprint density at radius 3 is 2.87 bits per heavy atom. The first-order chi connectivity index (χ1) is 7.28. The fourth-order valence-corrected chi connectivity index (χ4v) is 2.32. The molecule has 3 heteroatoms. The number of rotatable bonds is 5. The minimum Gasteiger partial charge on any atom is -0.394 e. The molecule has 1 saturated carbocycles. The highest BCUT2D eigenvalue weighted by Gasteiger charge is 2.36. The summed E-state index contributed by atoms with van der Waals surface area (Å²) < 4.78 is 5.66. The molecule has 2 rings (SSSR count). The summed E-state index contributed by atoms with van der Waals surface area (Å²) in [6.45, 7) is 4.27. The molecule has 2 aliphatic rings. The number of ether oxygens (including phenoxy) is 1. The molecule has 0 aromatic rings. The van der Waals surface area contributed by atoms with Gasteiger partial charge >= 0.3 is 0 Å². The summed E-state index contributed by atoms with van der Waals surface area (Å²) in [6, 6.07) is 0. The van der Waals surface area contributed by atoms with Crippen molar-refractivity contribution in [2.75, 3.05) is 19.8 Å². The van der Waals surface area contributed by atoms with Gasteiger partial charge in [0.1, 0.15) is 0 Å². The van der Waals surface area contributed by atoms with Gasteiger partial charge in [-0.1, -0.05) is 6.92 Å². The number of hydrogen-bond donors (Lipinski definition) is 2. The van der Waals surface area contributed by atoms with Crippen LogP contribution in [-0.2, 0) is 4.74 Å². The number of nitrogens with one attached hydrogen (secondary N) is 1. The first kappa shape index (κ1) is 11.4. The van der Waals surface area contributed by atoms with Gasteiger partial charge in [0.2, 0.25) is 0 Å². The van der Waals surface area contributed by atoms with E-state index in [1.165, 1.54) is 12.8 Å². The van der Waals surface area contributed by atoms with Gasteiger partial charge < -0.3 is 15.2 Å². The van der Waals surface area contributed by atoms with Crippen LogP contribution in [0, 0.1) is 5.92 Å². The highest BCUT2D eigenvalue weighted by Crippen LogP contribution is 2.31. The van der Waals surface area contributed by atoms with E-state index in [0.717, 1.165) is 38.3 Å². The smallest absolute Gasteiger partial charge is 0.0615 e. The normalized spacial score (nSPS) is 36.8. The van der Waals surface area contributed by atoms with Gasteiger partial charge in [-0.2, -0.15) is 0 Å². The molecular formula is C12H23NO2. The van der Waals surface area contributed by atoms with Gasteiger partial charge in [-0.3, -0.25) is 0 Å². The maximum absolute atomic E-state index is 9.57. The van der Waals surface area contributed by atoms with E-state index in [1.807, 2.05) is 0 Å². The standard InChI is InChI=1S/C12H23NO2/c1-2-11-7-12(9-14,5-6-15-11)13-8-10-3-4-10/h10-11,13-14H,2-9H2,1H3. The van der Waals surface area contributed by atoms with Crippen LogP contribution in [0.3, 0.4) is 0 Å². The van der Waals surface area contributed by atoms with Crippen LogP contribution in [0.25, 0.3) is 0 Å². The summed E-state index contributed by atoms with van der Waals surface area (Å²) in [7, 11) is 0. The Balaban J connectivity index is 1.86. The van der Waals surface area contributed by atoms with Crippen molar-refractivity contribution in [3.05, 3.63) is 0 Å². The predicted octanol–water partition coefficient (Wildman–Crippen LogP) is 1.31. The van der Waals surface area contributed by atoms with Crippen LogP contribution in [0.2, 0.25) is 0 Å². The van der Waals surface area contributed by atoms with Gasteiger partial charge in [-0.05, 0) is 44.6 Å². The highest BCUT2D eigenvalue weighted by atomic mass is 16.5. The summed E-state index contributed by atoms with van der Waals surface area (Å²) in [4.78, 5) is 0. The summed E-state index contributed by atoms with van der Waals surface area (Å²) in [6.07, 6.45) is 6.02. The maximum atomic E-state index is 9.57. The van der Waals surface area contributed by atoms with Crippen LogP contribution in [0.4, 0.5) is 0 Å². The Morgan fingerprint density at radius 2 is 2.27 bits per heavy atom. The van der Waals surface area contributed by atoms with Crippen LogP contribution < -0.4 is 5.32 Å². The summed E-state index contributed by atoms with van der Waals surface area (Å²) >= 11 is 0. The molecule has 0 amide bonds. The third kappa shape index (κ3) is 2.92. The van der Waals surface area contributed by atoms with Crippen LogP contribution in [0.15, 0.2) is 0 Å². The topological polar surface area (TPSA) is 41.5 Å². The Bertz CT molecular complexity index is 206. The number of aliphatic hydroxyl groups is 1. The molecule has 2 N–H and O–H groups in total. The molecule has 2 atom stereocenters. The van der Waals surface area contributed by atoms with E-state index in [-0.39, 0.29) is 12.1 Å². The van der Waals surface area contributed by atoms with E-state index < -0.39 is 0 Å². The lowest BCUT2D eigenvalue weighted by Crippen LogP contribution is -2.55. The second kappa shape index (κ2) is 4.81. The second-order valence-electron chi connectivity index (χ2n) is 5.12. The maximum Gasteiger partial charge on any atom is 0.0615 e. The van der Waals surface area contributed by atoms with Crippen LogP contribution in [0.1, 0.15) is 39.0 Å². The van der Waals surface area contributed by atoms with Crippen LogP contribution in [-0.4, -0.2) is 36.5 Å². The van der Waals surface area contributed by atoms with E-state index in [9.17, 15) is 5.11 Å². The largest absolute Gasteiger partial charge is 0.394 e. The van der Waals surface area contributed by atoms with E-state index in [0.29, 0.717) is 6.10 Å². The summed E-state index contributed by atoms with van der Waals surface area (Å²) in [5.74, 6) is 0.872. The monoisotopic (exact) mass is 213 g/mol. The summed E-state index contributed by atoms with van der Waals surface area (Å²) in [5.41, 5.74) is -0.0541. The molecule has 0 radical (unpaired) electrons. The minimum absolute atomic E-state index is 0.0541. The molecule has 15 heavy (non-hydrogen) atoms. The van der Waals surface area contributed by atoms with Crippen molar-refractivity contribution in [2.24, 2.45) is 5.92 Å². The molecule has 0 aromatic carbocycles. The van der Waals surface area contributed by atoms with Gasteiger partial charge in [0, 0.05) is 12.1 Å². The van der Waals surface area contributed by atoms with Crippen molar-refractivity contribution in [1.29, 1.82) is 0 Å². The fourth-order valence-electron chi connectivity index (χ4n) is 2.32. The molecular weight excluding hydrogens is 190 g/mol. The first-order valence-corrected chi connectivity index (χ1v) is 6.25. The highest BCUT2D eigenvalue weighted by molar-refractivity contribution is 4.94. The van der Waals surface area contributed by atoms with Crippen LogP contribution >= 0.6 is 0 Å². The molecule has 0 bridgehead atoms. The van der Waals surface area contributed by atoms with Crippen molar-refractivity contribution in [3.63, 3.8) is 0 Å². The van der Waals surface area contributed by atoms with Gasteiger partial charge in [-0.15, -0.1) is 0 Å². The van der Waals surface area contributed by atoms with Gasteiger partial charge in [0.25, 0.3) is 0 Å². The Labute approximate surface area is 92.2 Å². The fraction of sp³-hybridized carbons (Fsp3) is 1.00. The number of aliphatic hydroxyl groups excluding tert-OH is 1. The van der Waals surface area contributed by atoms with Crippen molar-refractivity contribution in [2.45, 2.75) is 50.7 Å². The van der Waals surface area contributed by atoms with E-state index in [2.05, 4.69) is 12.2 Å². The second-order valence-corrected chi connectivity index (χ2v) is 5.12. The molecule has 2 fully saturated rings. The average Bonchev–Trinajstić information content (AvgIpc) is 3.10. The van der Waals surface area contributed by atoms with E-state index >= 15 is 0 Å². The lowest BCUT2D eigenvalue weighted by Gasteiger charge is -2.40. The lowest BCUT2D eigenvalue weighted by atomic mass is 9.86. The third-order valence-electron chi connectivity index (χ3n) is 3.77. The summed E-state index contributed by atoms with van der Waals surface area (Å²) in [5, 5.41) is 13.2. The zero-order valence-corrected chi connectivity index (χ0v) is 9.67. The van der Waals surface area contributed by atoms with Crippen molar-refractivity contribution < 1.29 is 9.84 Å². The molecule has 2 unspecified atom stereocenters. The number of hydrogen-bond acceptors (Lipinski definition) is 3. The molecule has 0 aromatic heterocycles. The Hall–Kier alpha value is -0.120. The van der Waals surface area contributed by atoms with Gasteiger partial charge in [0.05, 0.1) is 12.7 Å². The molecule has 1 heterocycles. The zero-order valence-electron chi connectivity index (χ0n) is 9.67. The first-order valence-electron chi connectivity index (χ1n) is 6.25. The Morgan fingerprint density at radius 1 is 1.47 bits per heavy atom. The van der Waals surface area contributed by atoms with Crippen molar-refractivity contribution >= 4 is 0 Å². The van der Waals surface area contributed by atoms with Gasteiger partial charge in [-0.25, -0.2) is 0 Å². The SMILES string of the molecule is CCC1CC(CO)(NCC2CC2)CCO1. The van der Waals surface area contributed by atoms with Crippen LogP contribution in [0.5, 0.6) is 0 Å². The van der Waals surface area contributed by atoms with E-state index in [1.54, 1.807) is 0 Å². The molecule has 3 nitrogen and oxygen atoms in total. The third-order valence-corrected chi connectivity index (χ3v) is 3.77. The quantitative estimate of drug-likeness (QED) is 0.723. The van der Waals surface area contributed by atoms with Crippen molar-refractivity contribution in [3.8, 4) is 0 Å². The molecule has 88 valence electrons. The molecule has 0 spiro atoms. The molecule has 1 aliphatic heterocycles. The van der Waals surface area contributed by atoms with E-state index in [4.69, 9.17) is 4.74 Å². The molecule has 1 saturated heterocycles. The average molecular weight is 213 g/mol. The predicted molar refractivity (Wildman–Crippen MR) is 59.8 cm³/mol. The van der Waals surface area contributed by atoms with Crippen molar-refractivity contribution in [1.82, 2.24) is 5.32 Å². The van der Waals surface area contributed by atoms with Gasteiger partial charge in [0.15, 0.2) is 0 Å². The minimum atomic E-state index is -0.0541.